The summed E-state index contributed by atoms with van der Waals surface area (Å²) in [5, 5.41) is 2.37. The zero-order valence-electron chi connectivity index (χ0n) is 22.9. The molecule has 40 heavy (non-hydrogen) atoms. The molecule has 1 unspecified atom stereocenters. The number of fused-ring (bicyclic) bond motifs is 2. The number of hydrogen-bond acceptors (Lipinski definition) is 12. The van der Waals surface area contributed by atoms with E-state index in [2.05, 4.69) is 15.1 Å². The molecule has 1 atom stereocenters. The van der Waals surface area contributed by atoms with Crippen LogP contribution in [0.4, 0.5) is 5.69 Å². The summed E-state index contributed by atoms with van der Waals surface area (Å²) in [5.41, 5.74) is 3.40. The number of ether oxygens (including phenoxy) is 3. The molecular weight excluding hydrogens is 534 g/mol. The fourth-order valence-electron chi connectivity index (χ4n) is 4.59. The van der Waals surface area contributed by atoms with Crippen LogP contribution >= 0.6 is 12.2 Å². The van der Waals surface area contributed by atoms with E-state index in [0.717, 1.165) is 17.0 Å². The maximum atomic E-state index is 12.5. The minimum Gasteiger partial charge on any atom is -0.468 e. The highest BCUT2D eigenvalue weighted by atomic mass is 32.1. The van der Waals surface area contributed by atoms with Crippen molar-refractivity contribution in [1.29, 1.82) is 0 Å². The van der Waals surface area contributed by atoms with Crippen molar-refractivity contribution in [2.45, 2.75) is 25.6 Å². The molecule has 1 aliphatic rings. The number of rotatable bonds is 11. The maximum Gasteiger partial charge on any atom is 0.319 e. The number of carbonyl (C=O) groups excluding carboxylic acids is 3. The molecule has 2 aromatic rings. The number of carbonyl (C=O) groups is 3. The van der Waals surface area contributed by atoms with E-state index in [1.54, 1.807) is 0 Å². The molecule has 0 N–H and O–H groups in total. The highest BCUT2D eigenvalue weighted by Crippen LogP contribution is 2.19. The van der Waals surface area contributed by atoms with Crippen LogP contribution in [0.5, 0.6) is 0 Å². The second-order valence-corrected chi connectivity index (χ2v) is 9.57. The third-order valence-corrected chi connectivity index (χ3v) is 6.74. The molecule has 0 saturated heterocycles. The third-order valence-electron chi connectivity index (χ3n) is 6.65. The first-order valence-electron chi connectivity index (χ1n) is 12.9. The Balaban J connectivity index is 1.99. The van der Waals surface area contributed by atoms with E-state index in [1.165, 1.54) is 14.2 Å². The molecule has 0 amide bonds. The second-order valence-electron chi connectivity index (χ2n) is 9.38. The molecule has 2 bridgehead atoms. The van der Waals surface area contributed by atoms with E-state index >= 15 is 0 Å². The summed E-state index contributed by atoms with van der Waals surface area (Å²) in [4.78, 5) is 50.7. The molecule has 1 aliphatic heterocycles. The average molecular weight is 570 g/mol. The van der Waals surface area contributed by atoms with E-state index in [0.29, 0.717) is 57.8 Å². The summed E-state index contributed by atoms with van der Waals surface area (Å²) in [6.07, 6.45) is 0.590. The molecule has 0 radical (unpaired) electrons. The summed E-state index contributed by atoms with van der Waals surface area (Å²) >= 11 is 4.71. The number of esters is 2. The average Bonchev–Trinajstić information content (AvgIpc) is 2.95. The zero-order chi connectivity index (χ0) is 28.7. The molecule has 214 valence electrons. The van der Waals surface area contributed by atoms with Crippen LogP contribution in [-0.2, 0) is 48.1 Å². The topological polar surface area (TPSA) is 114 Å². The van der Waals surface area contributed by atoms with Gasteiger partial charge in [-0.3, -0.25) is 34.1 Å². The Kier molecular flexibility index (Phi) is 12.8. The van der Waals surface area contributed by atoms with Gasteiger partial charge in [0, 0.05) is 45.3 Å². The number of nitrogens with zero attached hydrogens (tertiary/aromatic N) is 5. The number of isothiocyanates is 1. The van der Waals surface area contributed by atoms with Crippen LogP contribution in [-0.4, -0.2) is 109 Å². The van der Waals surface area contributed by atoms with Crippen molar-refractivity contribution in [2.75, 3.05) is 60.1 Å². The lowest BCUT2D eigenvalue weighted by molar-refractivity contribution is -0.144. The lowest BCUT2D eigenvalue weighted by Crippen LogP contribution is -2.50. The van der Waals surface area contributed by atoms with Crippen LogP contribution < -0.4 is 0 Å². The van der Waals surface area contributed by atoms with Gasteiger partial charge in [0.15, 0.2) is 0 Å². The molecule has 3 rings (SSSR count). The summed E-state index contributed by atoms with van der Waals surface area (Å²) in [6.45, 7) is 3.91. The molecule has 0 saturated carbocycles. The Labute approximate surface area is 239 Å². The first kappa shape index (κ1) is 31.0. The van der Waals surface area contributed by atoms with E-state index in [4.69, 9.17) is 31.4 Å². The predicted molar refractivity (Wildman–Crippen MR) is 151 cm³/mol. The van der Waals surface area contributed by atoms with Crippen LogP contribution in [0, 0.1) is 0 Å². The van der Waals surface area contributed by atoms with E-state index in [-0.39, 0.29) is 37.7 Å². The quantitative estimate of drug-likeness (QED) is 0.0987. The minimum atomic E-state index is -0.361. The second kappa shape index (κ2) is 16.5. The van der Waals surface area contributed by atoms with Crippen LogP contribution in [0.25, 0.3) is 0 Å². The highest BCUT2D eigenvalue weighted by Gasteiger charge is 2.27. The summed E-state index contributed by atoms with van der Waals surface area (Å²) in [6, 6.07) is 13.3. The van der Waals surface area contributed by atoms with Crippen molar-refractivity contribution >= 4 is 41.5 Å². The van der Waals surface area contributed by atoms with Gasteiger partial charge in [-0.05, 0) is 48.5 Å². The largest absolute Gasteiger partial charge is 0.468 e. The highest BCUT2D eigenvalue weighted by molar-refractivity contribution is 7.78. The third kappa shape index (κ3) is 10.2. The Hall–Kier alpha value is -3.54. The van der Waals surface area contributed by atoms with Gasteiger partial charge < -0.3 is 14.2 Å². The monoisotopic (exact) mass is 569 g/mol. The number of aromatic nitrogens is 1. The number of benzene rings is 1. The summed E-state index contributed by atoms with van der Waals surface area (Å²) in [7, 11) is 2.74. The van der Waals surface area contributed by atoms with Crippen molar-refractivity contribution in [3.05, 3.63) is 59.4 Å². The molecule has 11 nitrogen and oxygen atoms in total. The molecule has 0 fully saturated rings. The summed E-state index contributed by atoms with van der Waals surface area (Å²) < 4.78 is 15.0. The number of thiocarbonyl (C=S) groups is 1. The number of methoxy groups -OCH3 is 2. The van der Waals surface area contributed by atoms with E-state index in [1.807, 2.05) is 52.3 Å². The van der Waals surface area contributed by atoms with Crippen LogP contribution in [0.1, 0.15) is 17.0 Å². The van der Waals surface area contributed by atoms with Gasteiger partial charge in [0.05, 0.1) is 49.5 Å². The molecule has 2 heterocycles. The van der Waals surface area contributed by atoms with Gasteiger partial charge in [-0.2, -0.15) is 4.99 Å². The number of hydrogen-bond donors (Lipinski definition) is 0. The minimum absolute atomic E-state index is 0.0571. The fourth-order valence-corrected chi connectivity index (χ4v) is 4.70. The van der Waals surface area contributed by atoms with Gasteiger partial charge in [0.25, 0.3) is 6.47 Å². The van der Waals surface area contributed by atoms with Crippen molar-refractivity contribution in [2.24, 2.45) is 4.99 Å². The van der Waals surface area contributed by atoms with Gasteiger partial charge in [-0.15, -0.1) is 0 Å². The smallest absolute Gasteiger partial charge is 0.319 e. The van der Waals surface area contributed by atoms with Crippen molar-refractivity contribution in [3.8, 4) is 0 Å². The van der Waals surface area contributed by atoms with E-state index in [9.17, 15) is 14.4 Å². The molecule has 0 spiro atoms. The summed E-state index contributed by atoms with van der Waals surface area (Å²) in [5.74, 6) is -0.713. The van der Waals surface area contributed by atoms with Gasteiger partial charge in [0.2, 0.25) is 0 Å². The van der Waals surface area contributed by atoms with Gasteiger partial charge in [0.1, 0.15) is 6.61 Å². The molecule has 1 aromatic carbocycles. The first-order valence-corrected chi connectivity index (χ1v) is 13.3. The van der Waals surface area contributed by atoms with Crippen molar-refractivity contribution < 1.29 is 28.6 Å². The normalized spacial score (nSPS) is 17.0. The number of pyridine rings is 1. The Morgan fingerprint density at radius 1 is 1.02 bits per heavy atom. The molecule has 1 aromatic heterocycles. The fraction of sp³-hybridized carbons (Fsp3) is 0.464. The molecule has 0 aliphatic carbocycles. The number of aliphatic imine (C=N–C) groups is 1. The molecule has 12 heteroatoms. The van der Waals surface area contributed by atoms with Gasteiger partial charge in [-0.25, -0.2) is 0 Å². The van der Waals surface area contributed by atoms with Gasteiger partial charge >= 0.3 is 11.9 Å². The Morgan fingerprint density at radius 2 is 1.70 bits per heavy atom. The maximum absolute atomic E-state index is 12.5. The lowest BCUT2D eigenvalue weighted by Gasteiger charge is -2.36. The van der Waals surface area contributed by atoms with Gasteiger partial charge in [-0.1, -0.05) is 18.2 Å². The van der Waals surface area contributed by atoms with E-state index < -0.39 is 0 Å². The predicted octanol–water partition coefficient (Wildman–Crippen LogP) is 1.87. The van der Waals surface area contributed by atoms with Crippen molar-refractivity contribution in [1.82, 2.24) is 19.7 Å². The van der Waals surface area contributed by atoms with Crippen LogP contribution in [0.2, 0.25) is 0 Å². The van der Waals surface area contributed by atoms with Crippen LogP contribution in [0.15, 0.2) is 47.5 Å². The Bertz CT molecular complexity index is 1170. The lowest BCUT2D eigenvalue weighted by atomic mass is 10.0. The first-order chi connectivity index (χ1) is 19.4. The SMILES string of the molecule is COC(=O)CN1CCN(CCOC=O)Cc2cccc(n2)CN(CC(=O)OC)C(Cc2ccc(N=C=S)cc2)C1. The zero-order valence-corrected chi connectivity index (χ0v) is 23.7. The van der Waals surface area contributed by atoms with Crippen molar-refractivity contribution in [3.63, 3.8) is 0 Å². The molecular formula is C28H35N5O6S. The Morgan fingerprint density at radius 3 is 2.38 bits per heavy atom. The van der Waals surface area contributed by atoms with Crippen LogP contribution in [0.3, 0.4) is 0 Å². The standard InChI is InChI=1S/C28H35N5O6S/c1-37-27(35)18-32-11-10-31(12-13-39-21-34)15-24-4-3-5-25(30-24)16-33(19-28(36)38-2)26(17-32)14-22-6-8-23(9-7-22)29-20-40/h3-9,21,26H,10-19H2,1-2H3.